The first-order valence-electron chi connectivity index (χ1n) is 6.29. The number of urea groups is 1. The molecule has 0 aliphatic rings. The molecule has 1 aromatic heterocycles. The second kappa shape index (κ2) is 6.33. The summed E-state index contributed by atoms with van der Waals surface area (Å²) in [5, 5.41) is 11.8. The third kappa shape index (κ3) is 4.86. The molecule has 0 aromatic carbocycles. The predicted molar refractivity (Wildman–Crippen MR) is 72.5 cm³/mol. The molecule has 0 radical (unpaired) electrons. The van der Waals surface area contributed by atoms with Gasteiger partial charge in [0, 0.05) is 7.05 Å². The van der Waals surface area contributed by atoms with Crippen molar-refractivity contribution in [3.63, 3.8) is 0 Å². The molecule has 1 heterocycles. The van der Waals surface area contributed by atoms with Gasteiger partial charge in [-0.2, -0.15) is 0 Å². The monoisotopic (exact) mass is 297 g/mol. The zero-order chi connectivity index (χ0) is 16.2. The fourth-order valence-corrected chi connectivity index (χ4v) is 1.39. The second-order valence-corrected chi connectivity index (χ2v) is 5.31. The number of nitrogens with zero attached hydrogens (tertiary/aromatic N) is 3. The summed E-state index contributed by atoms with van der Waals surface area (Å²) >= 11 is 0. The van der Waals surface area contributed by atoms with Crippen LogP contribution in [-0.2, 0) is 16.1 Å². The Labute approximate surface area is 122 Å². The molecular weight excluding hydrogens is 278 g/mol. The molecule has 9 heteroatoms. The van der Waals surface area contributed by atoms with Crippen molar-refractivity contribution in [2.24, 2.45) is 0 Å². The van der Waals surface area contributed by atoms with Gasteiger partial charge >= 0.3 is 12.0 Å². The molecule has 116 valence electrons. The number of aromatic nitrogens is 3. The molecule has 0 unspecified atom stereocenters. The molecule has 1 aromatic rings. The highest BCUT2D eigenvalue weighted by molar-refractivity contribution is 5.94. The van der Waals surface area contributed by atoms with Crippen LogP contribution in [0.2, 0.25) is 0 Å². The van der Waals surface area contributed by atoms with E-state index >= 15 is 0 Å². The number of carbonyl (C=O) groups excluding carboxylic acids is 3. The average molecular weight is 297 g/mol. The summed E-state index contributed by atoms with van der Waals surface area (Å²) in [6, 6.07) is -0.620. The Morgan fingerprint density at radius 2 is 1.90 bits per heavy atom. The molecule has 0 aliphatic heterocycles. The van der Waals surface area contributed by atoms with Crippen molar-refractivity contribution < 1.29 is 19.1 Å². The Hall–Kier alpha value is -2.45. The summed E-state index contributed by atoms with van der Waals surface area (Å²) < 4.78 is 6.41. The first-order chi connectivity index (χ1) is 9.64. The zero-order valence-electron chi connectivity index (χ0n) is 12.7. The van der Waals surface area contributed by atoms with Gasteiger partial charge in [-0.25, -0.2) is 14.3 Å². The third-order valence-corrected chi connectivity index (χ3v) is 2.35. The minimum absolute atomic E-state index is 0.0395. The van der Waals surface area contributed by atoms with E-state index in [0.29, 0.717) is 5.69 Å². The van der Waals surface area contributed by atoms with Gasteiger partial charge in [0.1, 0.15) is 12.1 Å². The van der Waals surface area contributed by atoms with E-state index in [9.17, 15) is 14.4 Å². The van der Waals surface area contributed by atoms with E-state index in [1.54, 1.807) is 27.7 Å². The van der Waals surface area contributed by atoms with Crippen molar-refractivity contribution in [2.75, 3.05) is 7.05 Å². The third-order valence-electron chi connectivity index (χ3n) is 2.35. The number of hydrogen-bond donors (Lipinski definition) is 2. The van der Waals surface area contributed by atoms with Crippen LogP contribution < -0.4 is 10.6 Å². The molecule has 2 N–H and O–H groups in total. The van der Waals surface area contributed by atoms with Gasteiger partial charge in [-0.3, -0.25) is 10.1 Å². The molecular formula is C12H19N5O4. The average Bonchev–Trinajstić information content (AvgIpc) is 2.68. The first kappa shape index (κ1) is 16.6. The Morgan fingerprint density at radius 1 is 1.29 bits per heavy atom. The molecule has 0 spiro atoms. The van der Waals surface area contributed by atoms with Crippen molar-refractivity contribution in [3.05, 3.63) is 11.4 Å². The Morgan fingerprint density at radius 3 is 2.43 bits per heavy atom. The lowest BCUT2D eigenvalue weighted by Gasteiger charge is -2.18. The maximum atomic E-state index is 11.9. The molecule has 0 bridgehead atoms. The smallest absolute Gasteiger partial charge is 0.361 e. The largest absolute Gasteiger partial charge is 0.455 e. The van der Waals surface area contributed by atoms with E-state index in [0.717, 1.165) is 0 Å². The second-order valence-electron chi connectivity index (χ2n) is 5.31. The molecule has 0 fully saturated rings. The van der Waals surface area contributed by atoms with Gasteiger partial charge in [-0.15, -0.1) is 5.10 Å². The summed E-state index contributed by atoms with van der Waals surface area (Å²) in [6.45, 7) is 6.58. The minimum atomic E-state index is -0.649. The highest BCUT2D eigenvalue weighted by Crippen LogP contribution is 2.13. The highest BCUT2D eigenvalue weighted by atomic mass is 16.6. The van der Waals surface area contributed by atoms with Crippen LogP contribution in [0, 0.1) is 6.92 Å². The van der Waals surface area contributed by atoms with Crippen LogP contribution in [-0.4, -0.2) is 45.6 Å². The van der Waals surface area contributed by atoms with E-state index in [4.69, 9.17) is 4.74 Å². The number of nitrogens with one attached hydrogen (secondary N) is 2. The summed E-state index contributed by atoms with van der Waals surface area (Å²) in [7, 11) is 1.39. The molecule has 0 saturated heterocycles. The van der Waals surface area contributed by atoms with Gasteiger partial charge in [0.15, 0.2) is 5.69 Å². The van der Waals surface area contributed by atoms with E-state index < -0.39 is 23.5 Å². The van der Waals surface area contributed by atoms with Gasteiger partial charge < -0.3 is 10.1 Å². The van der Waals surface area contributed by atoms with Gasteiger partial charge in [0.2, 0.25) is 5.91 Å². The van der Waals surface area contributed by atoms with Gasteiger partial charge in [0.25, 0.3) is 0 Å². The van der Waals surface area contributed by atoms with E-state index in [1.807, 2.05) is 0 Å². The van der Waals surface area contributed by atoms with Crippen molar-refractivity contribution in [2.45, 2.75) is 39.8 Å². The van der Waals surface area contributed by atoms with E-state index in [-0.39, 0.29) is 12.2 Å². The number of carbonyl (C=O) groups is 3. The Balaban J connectivity index is 2.78. The van der Waals surface area contributed by atoms with Gasteiger partial charge in [0.05, 0.1) is 5.69 Å². The minimum Gasteiger partial charge on any atom is -0.455 e. The maximum absolute atomic E-state index is 11.9. The number of rotatable bonds is 3. The fourth-order valence-electron chi connectivity index (χ4n) is 1.39. The van der Waals surface area contributed by atoms with Gasteiger partial charge in [-0.1, -0.05) is 5.21 Å². The zero-order valence-corrected chi connectivity index (χ0v) is 12.7. The van der Waals surface area contributed by atoms with Crippen molar-refractivity contribution in [1.82, 2.24) is 25.6 Å². The van der Waals surface area contributed by atoms with Crippen LogP contribution in [0.25, 0.3) is 0 Å². The van der Waals surface area contributed by atoms with Crippen molar-refractivity contribution >= 4 is 17.9 Å². The Bertz CT molecular complexity index is 558. The quantitative estimate of drug-likeness (QED) is 0.759. The van der Waals surface area contributed by atoms with Crippen LogP contribution in [0.1, 0.15) is 37.0 Å². The van der Waals surface area contributed by atoms with Crippen molar-refractivity contribution in [3.8, 4) is 0 Å². The molecule has 0 atom stereocenters. The van der Waals surface area contributed by atoms with Crippen LogP contribution in [0.3, 0.4) is 0 Å². The number of ether oxygens (including phenoxy) is 1. The lowest BCUT2D eigenvalue weighted by Crippen LogP contribution is -2.39. The van der Waals surface area contributed by atoms with E-state index in [1.165, 1.54) is 11.7 Å². The van der Waals surface area contributed by atoms with Gasteiger partial charge in [-0.05, 0) is 27.7 Å². The normalized spacial score (nSPS) is 10.9. The number of esters is 1. The molecule has 3 amide bonds. The van der Waals surface area contributed by atoms with Crippen LogP contribution in [0.5, 0.6) is 0 Å². The number of imide groups is 1. The SMILES string of the molecule is CNC(=O)NC(=O)Cn1nnc(C(=O)OC(C)(C)C)c1C. The van der Waals surface area contributed by atoms with Crippen LogP contribution in [0.4, 0.5) is 4.79 Å². The standard InChI is InChI=1S/C12H19N5O4/c1-7-9(10(19)21-12(2,3)4)15-16-17(7)6-8(18)14-11(20)13-5/h6H2,1-5H3,(H2,13,14,18,20). The number of amides is 3. The molecule has 21 heavy (non-hydrogen) atoms. The van der Waals surface area contributed by atoms with Crippen LogP contribution in [0.15, 0.2) is 0 Å². The van der Waals surface area contributed by atoms with Crippen molar-refractivity contribution in [1.29, 1.82) is 0 Å². The highest BCUT2D eigenvalue weighted by Gasteiger charge is 2.24. The molecule has 0 saturated carbocycles. The van der Waals surface area contributed by atoms with Crippen LogP contribution >= 0.6 is 0 Å². The lowest BCUT2D eigenvalue weighted by atomic mass is 10.2. The Kier molecular flexibility index (Phi) is 5.01. The summed E-state index contributed by atoms with van der Waals surface area (Å²) in [4.78, 5) is 34.5. The molecule has 9 nitrogen and oxygen atoms in total. The topological polar surface area (TPSA) is 115 Å². The first-order valence-corrected chi connectivity index (χ1v) is 6.29. The molecule has 0 aliphatic carbocycles. The molecule has 1 rings (SSSR count). The lowest BCUT2D eigenvalue weighted by molar-refractivity contribution is -0.120. The summed E-state index contributed by atoms with van der Waals surface area (Å²) in [6.07, 6.45) is 0. The number of hydrogen-bond acceptors (Lipinski definition) is 6. The summed E-state index contributed by atoms with van der Waals surface area (Å²) in [5.74, 6) is -1.18. The summed E-state index contributed by atoms with van der Waals surface area (Å²) in [5.41, 5.74) is -0.224. The maximum Gasteiger partial charge on any atom is 0.361 e. The fraction of sp³-hybridized carbons (Fsp3) is 0.583. The van der Waals surface area contributed by atoms with E-state index in [2.05, 4.69) is 20.9 Å². The predicted octanol–water partition coefficient (Wildman–Crippen LogP) is -0.00258.